The lowest BCUT2D eigenvalue weighted by atomic mass is 9.74. The van der Waals surface area contributed by atoms with Gasteiger partial charge < -0.3 is 40.1 Å². The molecule has 220 valence electrons. The van der Waals surface area contributed by atoms with Gasteiger partial charge in [-0.05, 0) is 24.6 Å². The molecule has 1 aliphatic carbocycles. The Labute approximate surface area is 227 Å². The van der Waals surface area contributed by atoms with Crippen LogP contribution in [0.5, 0.6) is 0 Å². The molecule has 7 atom stereocenters. The second kappa shape index (κ2) is 17.3. The lowest BCUT2D eigenvalue weighted by Gasteiger charge is -2.47. The van der Waals surface area contributed by atoms with Gasteiger partial charge in [-0.2, -0.15) is 0 Å². The molecule has 2 unspecified atom stereocenters. The largest absolute Gasteiger partial charge is 0.508 e. The molecule has 0 amide bonds. The summed E-state index contributed by atoms with van der Waals surface area (Å²) in [7, 11) is 0. The van der Waals surface area contributed by atoms with Gasteiger partial charge in [0.25, 0.3) is 0 Å². The summed E-state index contributed by atoms with van der Waals surface area (Å²) in [6.45, 7) is 1.72. The summed E-state index contributed by atoms with van der Waals surface area (Å²) < 4.78 is 10.9. The minimum absolute atomic E-state index is 0.149. The molecule has 6 N–H and O–H groups in total. The first-order valence-electron chi connectivity index (χ1n) is 14.6. The number of carbonyl (C=O) groups excluding carboxylic acids is 1. The van der Waals surface area contributed by atoms with Gasteiger partial charge in [-0.3, -0.25) is 4.79 Å². The Hall–Kier alpha value is -1.49. The molecule has 9 nitrogen and oxygen atoms in total. The Morgan fingerprint density at radius 1 is 0.868 bits per heavy atom. The maximum absolute atomic E-state index is 12.9. The van der Waals surface area contributed by atoms with Crippen LogP contribution in [0.4, 0.5) is 0 Å². The molecule has 0 aromatic carbocycles. The molecule has 1 saturated heterocycles. The van der Waals surface area contributed by atoms with E-state index in [1.54, 1.807) is 0 Å². The van der Waals surface area contributed by atoms with E-state index in [-0.39, 0.29) is 12.4 Å². The van der Waals surface area contributed by atoms with Crippen LogP contribution in [0.2, 0.25) is 0 Å². The number of rotatable bonds is 18. The van der Waals surface area contributed by atoms with Gasteiger partial charge in [-0.25, -0.2) is 0 Å². The van der Waals surface area contributed by atoms with Gasteiger partial charge in [0.15, 0.2) is 0 Å². The number of unbranched alkanes of at least 4 members (excludes halogenated alkanes) is 13. The van der Waals surface area contributed by atoms with Crippen molar-refractivity contribution in [1.29, 1.82) is 0 Å². The van der Waals surface area contributed by atoms with Crippen LogP contribution in [0, 0.1) is 5.92 Å². The van der Waals surface area contributed by atoms with E-state index in [1.165, 1.54) is 64.2 Å². The van der Waals surface area contributed by atoms with Gasteiger partial charge in [0.1, 0.15) is 47.8 Å². The van der Waals surface area contributed by atoms with Crippen molar-refractivity contribution in [1.82, 2.24) is 0 Å². The summed E-state index contributed by atoms with van der Waals surface area (Å²) >= 11 is 0. The fourth-order valence-electron chi connectivity index (χ4n) is 5.25. The van der Waals surface area contributed by atoms with E-state index in [0.29, 0.717) is 6.42 Å². The second-order valence-corrected chi connectivity index (χ2v) is 10.8. The van der Waals surface area contributed by atoms with E-state index in [1.807, 2.05) is 0 Å². The third kappa shape index (κ3) is 9.61. The minimum Gasteiger partial charge on any atom is -0.508 e. The SMILES string of the molecule is CCCCCCCCCCCCCCCCOC(=O)C1C=C(O)C=CC1(O)[C@@H]1O[C@H](CO)[C@@H](O)[C@H](O)[C@H]1O. The van der Waals surface area contributed by atoms with Crippen LogP contribution in [0.1, 0.15) is 96.8 Å². The summed E-state index contributed by atoms with van der Waals surface area (Å²) in [6, 6.07) is 0. The van der Waals surface area contributed by atoms with Crippen molar-refractivity contribution < 1.29 is 44.9 Å². The molecule has 0 radical (unpaired) electrons. The quantitative estimate of drug-likeness (QED) is 0.113. The number of hydrogen-bond donors (Lipinski definition) is 6. The molecular formula is C29H50O9. The van der Waals surface area contributed by atoms with Gasteiger partial charge in [0, 0.05) is 0 Å². The minimum atomic E-state index is -2.17. The fourth-order valence-corrected chi connectivity index (χ4v) is 5.25. The highest BCUT2D eigenvalue weighted by molar-refractivity contribution is 5.77. The van der Waals surface area contributed by atoms with Crippen molar-refractivity contribution in [3.8, 4) is 0 Å². The smallest absolute Gasteiger partial charge is 0.316 e. The number of aliphatic hydroxyl groups excluding tert-OH is 5. The number of carbonyl (C=O) groups is 1. The summed E-state index contributed by atoms with van der Waals surface area (Å²) in [5.41, 5.74) is -2.17. The van der Waals surface area contributed by atoms with Crippen molar-refractivity contribution in [2.75, 3.05) is 13.2 Å². The van der Waals surface area contributed by atoms with Gasteiger partial charge in [-0.1, -0.05) is 90.4 Å². The molecule has 0 aromatic heterocycles. The standard InChI is InChI=1S/C29H50O9/c1-2-3-4-5-6-7-8-9-10-11-12-13-14-15-18-37-28(35)22-19-21(31)16-17-29(22,36)27-26(34)25(33)24(32)23(20-30)38-27/h16-17,19,22-27,30-34,36H,2-15,18,20H2,1H3/t22?,23-,24-,25+,26-,27-,29?/m1/s1. The average Bonchev–Trinajstić information content (AvgIpc) is 2.91. The third-order valence-corrected chi connectivity index (χ3v) is 7.70. The number of allylic oxidation sites excluding steroid dienone is 1. The van der Waals surface area contributed by atoms with Gasteiger partial charge in [-0.15, -0.1) is 0 Å². The summed E-state index contributed by atoms with van der Waals surface area (Å²) in [5, 5.41) is 61.4. The molecular weight excluding hydrogens is 492 g/mol. The predicted octanol–water partition coefficient (Wildman–Crippen LogP) is 3.21. The van der Waals surface area contributed by atoms with Gasteiger partial charge >= 0.3 is 5.97 Å². The highest BCUT2D eigenvalue weighted by Gasteiger charge is 2.56. The molecule has 9 heteroatoms. The van der Waals surface area contributed by atoms with Crippen LogP contribution >= 0.6 is 0 Å². The zero-order chi connectivity index (χ0) is 28.0. The van der Waals surface area contributed by atoms with Crippen molar-refractivity contribution in [2.45, 2.75) is 133 Å². The van der Waals surface area contributed by atoms with E-state index >= 15 is 0 Å². The van der Waals surface area contributed by atoms with Crippen molar-refractivity contribution in [3.63, 3.8) is 0 Å². The molecule has 0 bridgehead atoms. The molecule has 0 aromatic rings. The van der Waals surface area contributed by atoms with E-state index < -0.39 is 54.6 Å². The Balaban J connectivity index is 1.70. The van der Waals surface area contributed by atoms with E-state index in [9.17, 15) is 35.4 Å². The lowest BCUT2D eigenvalue weighted by molar-refractivity contribution is -0.267. The average molecular weight is 543 g/mol. The van der Waals surface area contributed by atoms with Crippen LogP contribution in [0.3, 0.4) is 0 Å². The van der Waals surface area contributed by atoms with E-state index in [2.05, 4.69) is 6.92 Å². The normalized spacial score (nSPS) is 31.3. The number of hydrogen-bond acceptors (Lipinski definition) is 9. The number of esters is 1. The van der Waals surface area contributed by atoms with Gasteiger partial charge in [0.05, 0.1) is 13.2 Å². The van der Waals surface area contributed by atoms with E-state index in [0.717, 1.165) is 37.5 Å². The third-order valence-electron chi connectivity index (χ3n) is 7.70. The Morgan fingerprint density at radius 3 is 1.92 bits per heavy atom. The molecule has 1 aliphatic heterocycles. The first-order chi connectivity index (χ1) is 18.3. The maximum Gasteiger partial charge on any atom is 0.316 e. The monoisotopic (exact) mass is 542 g/mol. The van der Waals surface area contributed by atoms with Gasteiger partial charge in [0.2, 0.25) is 0 Å². The maximum atomic E-state index is 12.9. The molecule has 0 spiro atoms. The predicted molar refractivity (Wildman–Crippen MR) is 143 cm³/mol. The molecule has 1 heterocycles. The van der Waals surface area contributed by atoms with Crippen LogP contribution in [0.25, 0.3) is 0 Å². The Morgan fingerprint density at radius 2 is 1.39 bits per heavy atom. The molecule has 0 saturated carbocycles. The summed E-state index contributed by atoms with van der Waals surface area (Å²) in [5.74, 6) is -2.49. The lowest BCUT2D eigenvalue weighted by Crippen LogP contribution is -2.67. The van der Waals surface area contributed by atoms with Crippen LogP contribution in [-0.4, -0.2) is 85.9 Å². The Kier molecular flexibility index (Phi) is 14.9. The highest BCUT2D eigenvalue weighted by Crippen LogP contribution is 2.38. The summed E-state index contributed by atoms with van der Waals surface area (Å²) in [6.07, 6.45) is 12.4. The molecule has 1 fully saturated rings. The molecule has 2 rings (SSSR count). The number of ether oxygens (including phenoxy) is 2. The highest BCUT2D eigenvalue weighted by atomic mass is 16.6. The van der Waals surface area contributed by atoms with Crippen molar-refractivity contribution in [3.05, 3.63) is 24.0 Å². The summed E-state index contributed by atoms with van der Waals surface area (Å²) in [4.78, 5) is 12.9. The second-order valence-electron chi connectivity index (χ2n) is 10.8. The number of aliphatic hydroxyl groups is 6. The zero-order valence-electron chi connectivity index (χ0n) is 22.9. The molecule has 38 heavy (non-hydrogen) atoms. The topological polar surface area (TPSA) is 157 Å². The van der Waals surface area contributed by atoms with Crippen molar-refractivity contribution >= 4 is 5.97 Å². The first kappa shape index (κ1) is 32.7. The molecule has 2 aliphatic rings. The van der Waals surface area contributed by atoms with Crippen LogP contribution in [-0.2, 0) is 14.3 Å². The van der Waals surface area contributed by atoms with Crippen molar-refractivity contribution in [2.24, 2.45) is 5.92 Å². The first-order valence-corrected chi connectivity index (χ1v) is 14.6. The Bertz CT molecular complexity index is 738. The zero-order valence-corrected chi connectivity index (χ0v) is 22.9. The van der Waals surface area contributed by atoms with Crippen LogP contribution < -0.4 is 0 Å². The van der Waals surface area contributed by atoms with Crippen LogP contribution in [0.15, 0.2) is 24.0 Å². The fraction of sp³-hybridized carbons (Fsp3) is 0.828. The van der Waals surface area contributed by atoms with E-state index in [4.69, 9.17) is 9.47 Å².